The number of nitrogens with one attached hydrogen (secondary N) is 2. The highest BCUT2D eigenvalue weighted by Crippen LogP contribution is 2.37. The monoisotopic (exact) mass is 383 g/mol. The van der Waals surface area contributed by atoms with Gasteiger partial charge in [-0.3, -0.25) is 14.5 Å². The topological polar surface area (TPSA) is 78.5 Å². The Morgan fingerprint density at radius 1 is 1.26 bits per heavy atom. The van der Waals surface area contributed by atoms with E-state index in [2.05, 4.69) is 17.6 Å². The van der Waals surface area contributed by atoms with Crippen LogP contribution < -0.4 is 10.6 Å². The lowest BCUT2D eigenvalue weighted by Crippen LogP contribution is -2.49. The molecular formula is C18H20F3N3O3. The second kappa shape index (κ2) is 6.86. The number of rotatable bonds is 3. The lowest BCUT2D eigenvalue weighted by atomic mass is 9.77. The van der Waals surface area contributed by atoms with E-state index >= 15 is 0 Å². The molecule has 3 rings (SSSR count). The molecule has 27 heavy (non-hydrogen) atoms. The van der Waals surface area contributed by atoms with Gasteiger partial charge in [-0.15, -0.1) is 0 Å². The van der Waals surface area contributed by atoms with Gasteiger partial charge in [-0.05, 0) is 43.7 Å². The molecule has 1 aliphatic heterocycles. The van der Waals surface area contributed by atoms with Crippen molar-refractivity contribution in [1.82, 2.24) is 10.2 Å². The van der Waals surface area contributed by atoms with Crippen LogP contribution in [0.1, 0.15) is 38.2 Å². The summed E-state index contributed by atoms with van der Waals surface area (Å²) in [4.78, 5) is 37.9. The van der Waals surface area contributed by atoms with Crippen LogP contribution in [0.5, 0.6) is 0 Å². The number of carbonyl (C=O) groups excluding carboxylic acids is 3. The van der Waals surface area contributed by atoms with Crippen molar-refractivity contribution in [2.45, 2.75) is 44.3 Å². The van der Waals surface area contributed by atoms with Gasteiger partial charge in [0.15, 0.2) is 0 Å². The van der Waals surface area contributed by atoms with E-state index in [9.17, 15) is 27.6 Å². The first-order chi connectivity index (χ1) is 12.6. The van der Waals surface area contributed by atoms with E-state index in [0.717, 1.165) is 29.9 Å². The van der Waals surface area contributed by atoms with Crippen LogP contribution in [0.2, 0.25) is 0 Å². The van der Waals surface area contributed by atoms with Crippen LogP contribution in [0.3, 0.4) is 0 Å². The average molecular weight is 383 g/mol. The van der Waals surface area contributed by atoms with Gasteiger partial charge in [0.05, 0.1) is 11.3 Å². The third-order valence-electron chi connectivity index (χ3n) is 5.18. The maximum Gasteiger partial charge on any atom is 0.418 e. The van der Waals surface area contributed by atoms with Gasteiger partial charge < -0.3 is 10.6 Å². The lowest BCUT2D eigenvalue weighted by molar-refractivity contribution is -0.137. The zero-order valence-corrected chi connectivity index (χ0v) is 14.7. The van der Waals surface area contributed by atoms with Crippen LogP contribution in [0.15, 0.2) is 24.3 Å². The molecule has 2 aliphatic rings. The number of hydrogen-bond donors (Lipinski definition) is 2. The molecule has 1 aromatic carbocycles. The molecule has 2 N–H and O–H groups in total. The molecule has 0 aromatic heterocycles. The van der Waals surface area contributed by atoms with Crippen molar-refractivity contribution >= 4 is 23.5 Å². The third kappa shape index (κ3) is 3.77. The Morgan fingerprint density at radius 3 is 2.52 bits per heavy atom. The molecule has 1 spiro atoms. The minimum atomic E-state index is -4.63. The quantitative estimate of drug-likeness (QED) is 0.787. The number of anilines is 1. The second-order valence-electron chi connectivity index (χ2n) is 7.18. The predicted octanol–water partition coefficient (Wildman–Crippen LogP) is 3.14. The van der Waals surface area contributed by atoms with Crippen molar-refractivity contribution in [3.63, 3.8) is 0 Å². The highest BCUT2D eigenvalue weighted by molar-refractivity contribution is 6.10. The molecule has 2 fully saturated rings. The van der Waals surface area contributed by atoms with Crippen molar-refractivity contribution in [1.29, 1.82) is 0 Å². The normalized spacial score (nSPS) is 25.6. The number of imide groups is 1. The van der Waals surface area contributed by atoms with E-state index in [1.807, 2.05) is 0 Å². The number of para-hydroxylation sites is 1. The first-order valence-electron chi connectivity index (χ1n) is 8.72. The van der Waals surface area contributed by atoms with E-state index in [1.165, 1.54) is 12.1 Å². The van der Waals surface area contributed by atoms with Gasteiger partial charge in [0.25, 0.3) is 5.91 Å². The minimum absolute atomic E-state index is 0.414. The van der Waals surface area contributed by atoms with Crippen LogP contribution in [0.4, 0.5) is 23.7 Å². The molecule has 0 atom stereocenters. The van der Waals surface area contributed by atoms with Crippen LogP contribution >= 0.6 is 0 Å². The number of amides is 4. The van der Waals surface area contributed by atoms with E-state index in [0.29, 0.717) is 18.8 Å². The molecule has 1 aromatic rings. The first-order valence-corrected chi connectivity index (χ1v) is 8.72. The Hall–Kier alpha value is -2.58. The summed E-state index contributed by atoms with van der Waals surface area (Å²) in [6.45, 7) is 1.44. The summed E-state index contributed by atoms with van der Waals surface area (Å²) < 4.78 is 39.1. The molecule has 1 heterocycles. The van der Waals surface area contributed by atoms with E-state index < -0.39 is 47.4 Å². The minimum Gasteiger partial charge on any atom is -0.324 e. The van der Waals surface area contributed by atoms with Crippen molar-refractivity contribution < 1.29 is 27.6 Å². The number of urea groups is 1. The van der Waals surface area contributed by atoms with Crippen molar-refractivity contribution in [3.8, 4) is 0 Å². The molecule has 0 unspecified atom stereocenters. The molecule has 0 bridgehead atoms. The standard InChI is InChI=1S/C18H20F3N3O3/c1-11-6-8-17(9-7-11)15(26)24(16(27)23-17)10-14(25)22-13-5-3-2-4-12(13)18(19,20)21/h2-5,11H,6-10H2,1H3,(H,22,25)(H,23,27). The molecule has 9 heteroatoms. The Labute approximate surface area is 154 Å². The van der Waals surface area contributed by atoms with Crippen molar-refractivity contribution in [3.05, 3.63) is 29.8 Å². The Balaban J connectivity index is 1.70. The first kappa shape index (κ1) is 19.2. The maximum absolute atomic E-state index is 13.0. The Bertz CT molecular complexity index is 771. The summed E-state index contributed by atoms with van der Waals surface area (Å²) in [5, 5.41) is 4.82. The fraction of sp³-hybridized carbons (Fsp3) is 0.500. The van der Waals surface area contributed by atoms with Crippen molar-refractivity contribution in [2.24, 2.45) is 5.92 Å². The Morgan fingerprint density at radius 2 is 1.89 bits per heavy atom. The molecular weight excluding hydrogens is 363 g/mol. The van der Waals surface area contributed by atoms with Crippen molar-refractivity contribution in [2.75, 3.05) is 11.9 Å². The number of halogens is 3. The second-order valence-corrected chi connectivity index (χ2v) is 7.18. The largest absolute Gasteiger partial charge is 0.418 e. The number of carbonyl (C=O) groups is 3. The third-order valence-corrected chi connectivity index (χ3v) is 5.18. The molecule has 4 amide bonds. The van der Waals surface area contributed by atoms with Gasteiger partial charge in [0.2, 0.25) is 5.91 Å². The number of benzene rings is 1. The van der Waals surface area contributed by atoms with E-state index in [1.54, 1.807) is 0 Å². The van der Waals surface area contributed by atoms with E-state index in [-0.39, 0.29) is 0 Å². The summed E-state index contributed by atoms with van der Waals surface area (Å²) in [5.41, 5.74) is -2.40. The molecule has 1 saturated heterocycles. The average Bonchev–Trinajstić information content (AvgIpc) is 2.81. The van der Waals surface area contributed by atoms with Crippen LogP contribution in [-0.2, 0) is 15.8 Å². The predicted molar refractivity (Wildman–Crippen MR) is 90.7 cm³/mol. The maximum atomic E-state index is 13.0. The summed E-state index contributed by atoms with van der Waals surface area (Å²) >= 11 is 0. The molecule has 6 nitrogen and oxygen atoms in total. The smallest absolute Gasteiger partial charge is 0.324 e. The van der Waals surface area contributed by atoms with Gasteiger partial charge in [0, 0.05) is 0 Å². The van der Waals surface area contributed by atoms with Gasteiger partial charge >= 0.3 is 12.2 Å². The fourth-order valence-electron chi connectivity index (χ4n) is 3.59. The number of alkyl halides is 3. The zero-order valence-electron chi connectivity index (χ0n) is 14.7. The van der Waals surface area contributed by atoms with Gasteiger partial charge in [0.1, 0.15) is 12.1 Å². The van der Waals surface area contributed by atoms with E-state index in [4.69, 9.17) is 0 Å². The van der Waals surface area contributed by atoms with Crippen LogP contribution in [0, 0.1) is 5.92 Å². The molecule has 0 radical (unpaired) electrons. The summed E-state index contributed by atoms with van der Waals surface area (Å²) in [7, 11) is 0. The highest BCUT2D eigenvalue weighted by atomic mass is 19.4. The van der Waals surface area contributed by atoms with Crippen LogP contribution in [0.25, 0.3) is 0 Å². The van der Waals surface area contributed by atoms with Gasteiger partial charge in [-0.2, -0.15) is 13.2 Å². The van der Waals surface area contributed by atoms with Crippen LogP contribution in [-0.4, -0.2) is 34.8 Å². The summed E-state index contributed by atoms with van der Waals surface area (Å²) in [6.07, 6.45) is -2.08. The lowest BCUT2D eigenvalue weighted by Gasteiger charge is -2.33. The summed E-state index contributed by atoms with van der Waals surface area (Å²) in [5.74, 6) is -0.897. The fourth-order valence-corrected chi connectivity index (χ4v) is 3.59. The number of hydrogen-bond acceptors (Lipinski definition) is 3. The van der Waals surface area contributed by atoms with Gasteiger partial charge in [-0.1, -0.05) is 19.1 Å². The summed E-state index contributed by atoms with van der Waals surface area (Å²) in [6, 6.07) is 3.85. The molecule has 1 aliphatic carbocycles. The van der Waals surface area contributed by atoms with Gasteiger partial charge in [-0.25, -0.2) is 4.79 Å². The Kier molecular flexibility index (Phi) is 4.88. The molecule has 1 saturated carbocycles. The molecule has 146 valence electrons. The number of nitrogens with zero attached hydrogens (tertiary/aromatic N) is 1. The highest BCUT2D eigenvalue weighted by Gasteiger charge is 2.52. The SMILES string of the molecule is CC1CCC2(CC1)NC(=O)N(CC(=O)Nc1ccccc1C(F)(F)F)C2=O. The zero-order chi connectivity index (χ0) is 19.8.